The van der Waals surface area contributed by atoms with E-state index in [0.717, 1.165) is 62.5 Å². The van der Waals surface area contributed by atoms with Gasteiger partial charge in [0.1, 0.15) is 65.8 Å². The molecule has 4 fully saturated rings. The van der Waals surface area contributed by atoms with Crippen LogP contribution in [0.5, 0.6) is 29.4 Å². The van der Waals surface area contributed by atoms with E-state index in [1.165, 1.54) is 96.6 Å². The molecule has 9 aromatic rings. The van der Waals surface area contributed by atoms with Gasteiger partial charge in [-0.1, -0.05) is 34.1 Å². The number of fused-ring (bicyclic) bond motifs is 5. The minimum atomic E-state index is -2.85. The van der Waals surface area contributed by atoms with Crippen LogP contribution in [-0.4, -0.2) is 205 Å². The SMILES string of the molecule is CC12CCC(C(=O)CBr)(CO1)C2.COc1nc(Br)cnc1N.COc1nc(Br)cnc1N(C(=O)OC(C)(C)C)C(=O)OC(C)(C)C.COc1nc(NC(=O)c2cccc(C(F)F)n2)cn2cc([C@@]34CC[C@@](C)(C3)OC4)nc12.COc1nc(NC(=O)c2cccc(C(F)F)n2)cnc1N.COc1nc(NC(=O)c2cccc(C(F)F)n2)cnc1N(C(=O)OC(C)(C)C)C(=O)OC(C)(C)C. The van der Waals surface area contributed by atoms with Crippen molar-refractivity contribution in [3.63, 3.8) is 0 Å². The van der Waals surface area contributed by atoms with E-state index in [1.54, 1.807) is 93.7 Å². The quantitative estimate of drug-likeness (QED) is 0.0285. The third kappa shape index (κ3) is 29.2. The number of hydrogen-bond acceptors (Lipinski definition) is 34. The number of halogens is 9. The van der Waals surface area contributed by atoms with Crippen LogP contribution >= 0.6 is 47.8 Å². The number of methoxy groups -OCH3 is 5. The first-order chi connectivity index (χ1) is 62.1. The summed E-state index contributed by atoms with van der Waals surface area (Å²) in [4.78, 5) is 152. The van der Waals surface area contributed by atoms with Crippen LogP contribution in [-0.2, 0) is 38.6 Å². The summed E-state index contributed by atoms with van der Waals surface area (Å²) in [5.74, 6) is -1.60. The molecule has 13 rings (SSSR count). The standard InChI is InChI=1S/C22H27F2N5O6.C21H21F2N5O3.C15H22BrN3O5.C12H11F2N5O2.C9H13BrO2.C5H6BrN3O/c1-21(2,3)34-19(31)29(20(32)35-22(4,5)6)16-18(33-7)28-14(11-25-16)27-17(30)13-10-8-9-12(26-13)15(23)24;1-20-6-7-21(10-20,11-31-20)14-8-28-9-15(27-19(30-2)17(28)25-14)26-18(29)13-5-3-4-12(24-13)16(22)23;1-14(2,3)23-12(20)19(13(21)24-15(4,5)6)10-11(22-7)18-9(16)8-17-10;1-21-12-10(15)16-5-8(19-12)18-11(20)7-4-2-3-6(17-7)9(13)14;1-8-2-3-9(5-8,6-12-8)7(11)4-10;1-10-5-4(7)8-2-3(6)9-5/h8-11,15H,1-7H3,(H,27,28,30);3-5,8-9,16H,6-7,10-11H2,1-2H3,(H,26,29);8H,1-7H3;2-5,9H,1H3,(H2,15,16)(H,18,19,20);2-6H2,1H3;2H,1H3,(H2,7,8)/t;20-,21-;;;;/m.0..../s1. The van der Waals surface area contributed by atoms with E-state index >= 15 is 0 Å². The summed E-state index contributed by atoms with van der Waals surface area (Å²) in [5, 5.41) is 7.80. The number of aromatic nitrogens is 14. The topological polar surface area (TPSA) is 505 Å². The molecule has 2 aliphatic heterocycles. The Hall–Kier alpha value is -12.5. The minimum Gasteiger partial charge on any atom is -0.478 e. The fourth-order valence-corrected chi connectivity index (χ4v) is 14.0. The highest BCUT2D eigenvalue weighted by molar-refractivity contribution is 9.10. The predicted octanol–water partition coefficient (Wildman–Crippen LogP) is 16.6. The van der Waals surface area contributed by atoms with Gasteiger partial charge in [0.15, 0.2) is 34.9 Å². The number of amides is 7. The van der Waals surface area contributed by atoms with Crippen LogP contribution in [0.2, 0.25) is 0 Å². The Morgan fingerprint density at radius 2 is 0.805 bits per heavy atom. The van der Waals surface area contributed by atoms with Crippen LogP contribution in [0.4, 0.5) is 86.2 Å². The smallest absolute Gasteiger partial charge is 0.425 e. The number of nitrogens with two attached hydrogens (primary N) is 2. The van der Waals surface area contributed by atoms with Crippen molar-refractivity contribution in [2.45, 2.75) is 194 Å². The van der Waals surface area contributed by atoms with Crippen molar-refractivity contribution in [2.24, 2.45) is 5.41 Å². The van der Waals surface area contributed by atoms with Crippen LogP contribution in [0.3, 0.4) is 0 Å². The van der Waals surface area contributed by atoms with Crippen LogP contribution in [0.1, 0.15) is 209 Å². The van der Waals surface area contributed by atoms with Gasteiger partial charge in [0.25, 0.3) is 66.4 Å². The number of ketones is 1. The number of Topliss-reactive ketones (excluding diaryl/α,β-unsaturated/α-hetero) is 1. The zero-order valence-corrected chi connectivity index (χ0v) is 80.5. The number of alkyl halides is 7. The largest absolute Gasteiger partial charge is 0.478 e. The van der Waals surface area contributed by atoms with E-state index in [1.807, 2.05) is 6.20 Å². The van der Waals surface area contributed by atoms with E-state index in [0.29, 0.717) is 60.7 Å². The average Bonchev–Trinajstić information content (AvgIpc) is 1.60. The van der Waals surface area contributed by atoms with E-state index in [2.05, 4.69) is 137 Å². The highest BCUT2D eigenvalue weighted by Crippen LogP contribution is 2.55. The number of carbonyl (C=O) groups is 8. The van der Waals surface area contributed by atoms with Gasteiger partial charge in [0.2, 0.25) is 17.3 Å². The maximum Gasteiger partial charge on any atom is 0.425 e. The summed E-state index contributed by atoms with van der Waals surface area (Å²) in [5.41, 5.74) is 6.35. The minimum absolute atomic E-state index is 0.0117. The van der Waals surface area contributed by atoms with Gasteiger partial charge >= 0.3 is 24.4 Å². The lowest BCUT2D eigenvalue weighted by atomic mass is 9.84. The van der Waals surface area contributed by atoms with Crippen LogP contribution in [0.15, 0.2) is 101 Å². The Labute approximate surface area is 784 Å². The van der Waals surface area contributed by atoms with Crippen molar-refractivity contribution in [1.29, 1.82) is 0 Å². The number of nitrogens with zero attached hydrogens (tertiary/aromatic N) is 16. The molecular weight excluding hydrogens is 1960 g/mol. The molecule has 49 heteroatoms. The van der Waals surface area contributed by atoms with Gasteiger partial charge in [-0.25, -0.2) is 95.4 Å². The lowest BCUT2D eigenvalue weighted by Gasteiger charge is -2.28. The van der Waals surface area contributed by atoms with Gasteiger partial charge < -0.3 is 79.5 Å². The number of anilines is 7. The molecule has 2 saturated carbocycles. The number of rotatable bonds is 19. The van der Waals surface area contributed by atoms with Crippen LogP contribution < -0.4 is 60.9 Å². The molecule has 0 radical (unpaired) electrons. The Morgan fingerprint density at radius 3 is 1.16 bits per heavy atom. The molecule has 0 spiro atoms. The van der Waals surface area contributed by atoms with E-state index in [-0.39, 0.29) is 97.5 Å². The summed E-state index contributed by atoms with van der Waals surface area (Å²) in [6.07, 6.45) is 2.09. The Bertz CT molecular complexity index is 5620. The number of imidazole rings is 1. The van der Waals surface area contributed by atoms with Crippen molar-refractivity contribution in [2.75, 3.05) is 91.3 Å². The molecule has 4 atom stereocenters. The van der Waals surface area contributed by atoms with Crippen molar-refractivity contribution < 1.29 is 117 Å². The second-order valence-electron chi connectivity index (χ2n) is 34.0. The first-order valence-electron chi connectivity index (χ1n) is 40.1. The van der Waals surface area contributed by atoms with Gasteiger partial charge in [-0.05, 0) is 204 Å². The van der Waals surface area contributed by atoms with Gasteiger partial charge in [0, 0.05) is 11.6 Å². The molecule has 2 saturated heterocycles. The van der Waals surface area contributed by atoms with Crippen molar-refractivity contribution in [3.8, 4) is 29.4 Å². The molecule has 11 heterocycles. The third-order valence-corrected chi connectivity index (χ3v) is 20.0. The summed E-state index contributed by atoms with van der Waals surface area (Å²) in [6, 6.07) is 11.2. The van der Waals surface area contributed by atoms with Crippen molar-refractivity contribution >= 4 is 142 Å². The molecular formula is C84H100Br3F6N21O19. The van der Waals surface area contributed by atoms with E-state index in [4.69, 9.17) is 68.6 Å². The summed E-state index contributed by atoms with van der Waals surface area (Å²) in [7, 11) is 6.86. The molecule has 2 aliphatic carbocycles. The molecule has 4 aliphatic rings. The fraction of sp³-hybridized carbons (Fsp3) is 0.464. The Kier molecular flexibility index (Phi) is 35.3. The molecule has 718 valence electrons. The van der Waals surface area contributed by atoms with Gasteiger partial charge in [-0.3, -0.25) is 23.6 Å². The zero-order valence-electron chi connectivity index (χ0n) is 75.7. The first-order valence-corrected chi connectivity index (χ1v) is 42.8. The van der Waals surface area contributed by atoms with E-state index in [9.17, 15) is 64.7 Å². The predicted molar refractivity (Wildman–Crippen MR) is 479 cm³/mol. The fourth-order valence-electron chi connectivity index (χ4n) is 12.9. The van der Waals surface area contributed by atoms with Gasteiger partial charge in [0.05, 0.1) is 107 Å². The second kappa shape index (κ2) is 44.4. The number of ether oxygens (including phenoxy) is 11. The van der Waals surface area contributed by atoms with Crippen LogP contribution in [0, 0.1) is 5.41 Å². The number of hydrogen-bond donors (Lipinski definition) is 5. The molecule has 2 unspecified atom stereocenters. The molecule has 7 amide bonds. The maximum absolute atomic E-state index is 12.9. The number of pyridine rings is 3. The zero-order chi connectivity index (χ0) is 98.8. The maximum atomic E-state index is 12.9. The van der Waals surface area contributed by atoms with E-state index < -0.39 is 101 Å². The molecule has 4 bridgehead atoms. The summed E-state index contributed by atoms with van der Waals surface area (Å²) >= 11 is 9.51. The van der Waals surface area contributed by atoms with Crippen LogP contribution in [0.25, 0.3) is 5.65 Å². The third-order valence-electron chi connectivity index (χ3n) is 18.8. The molecule has 133 heavy (non-hydrogen) atoms. The first kappa shape index (κ1) is 106. The second-order valence-corrected chi connectivity index (χ2v) is 36.2. The van der Waals surface area contributed by atoms with Gasteiger partial charge in [-0.15, -0.1) is 0 Å². The summed E-state index contributed by atoms with van der Waals surface area (Å²) < 4.78 is 137. The Balaban J connectivity index is 0.000000205. The summed E-state index contributed by atoms with van der Waals surface area (Å²) in [6.45, 7) is 25.3. The monoisotopic (exact) mass is 2060 g/mol. The highest BCUT2D eigenvalue weighted by Gasteiger charge is 2.57. The lowest BCUT2D eigenvalue weighted by Crippen LogP contribution is -2.44. The molecule has 40 nitrogen and oxygen atoms in total. The molecule has 7 N–H and O–H groups in total. The number of imide groups is 2. The highest BCUT2D eigenvalue weighted by atomic mass is 79.9. The average molecular weight is 2060 g/mol. The normalized spacial score (nSPS) is 17.4. The number of nitrogens with one attached hydrogen (secondary N) is 3. The lowest BCUT2D eigenvalue weighted by molar-refractivity contribution is -0.127. The van der Waals surface area contributed by atoms with Gasteiger partial charge in [-0.2, -0.15) is 24.8 Å². The number of nitrogen functional groups attached to an aromatic ring is 2. The Morgan fingerprint density at radius 1 is 0.451 bits per heavy atom. The molecule has 0 aromatic carbocycles. The van der Waals surface area contributed by atoms with Crippen molar-refractivity contribution in [1.82, 2.24) is 69.2 Å². The van der Waals surface area contributed by atoms with Crippen molar-refractivity contribution in [3.05, 3.63) is 141 Å². The number of carbonyl (C=O) groups excluding carboxylic acids is 8. The molecule has 9 aromatic heterocycles.